The van der Waals surface area contributed by atoms with Crippen molar-refractivity contribution in [3.05, 3.63) is 60.3 Å². The summed E-state index contributed by atoms with van der Waals surface area (Å²) in [6, 6.07) is 14.7. The number of benzene rings is 2. The second-order valence-electron chi connectivity index (χ2n) is 8.63. The van der Waals surface area contributed by atoms with Gasteiger partial charge in [-0.15, -0.1) is 0 Å². The van der Waals surface area contributed by atoms with Gasteiger partial charge < -0.3 is 25.0 Å². The fourth-order valence-corrected chi connectivity index (χ4v) is 4.41. The average molecular weight is 458 g/mol. The number of phenolic OH excluding ortho intramolecular Hbond substituents is 1. The number of piperidine rings is 1. The third-order valence-electron chi connectivity index (χ3n) is 6.34. The molecule has 0 aliphatic carbocycles. The lowest BCUT2D eigenvalue weighted by atomic mass is 10.0. The van der Waals surface area contributed by atoms with Gasteiger partial charge in [-0.3, -0.25) is 4.79 Å². The van der Waals surface area contributed by atoms with Crippen LogP contribution in [0.2, 0.25) is 0 Å². The van der Waals surface area contributed by atoms with Crippen LogP contribution >= 0.6 is 0 Å². The Balaban J connectivity index is 1.44. The van der Waals surface area contributed by atoms with E-state index < -0.39 is 0 Å². The number of aromatic nitrogens is 3. The molecule has 0 radical (unpaired) electrons. The van der Waals surface area contributed by atoms with Crippen LogP contribution < -0.4 is 10.1 Å². The molecule has 0 unspecified atom stereocenters. The Labute approximate surface area is 197 Å². The van der Waals surface area contributed by atoms with Crippen LogP contribution in [0, 0.1) is 0 Å². The standard InChI is InChI=1S/C26H27N5O3/c1-31-13-10-17(11-14-31)28-25(33)16-8-9-21-22(15-16)30-24(29-21)20-6-3-5-18(23(20)32)19-7-4-12-27-26(19)34-2/h3-9,12,15,17,32H,10-11,13-14H2,1-2H3,(H,28,33)(H,29,30). The molecule has 1 fully saturated rings. The molecule has 5 rings (SSSR count). The summed E-state index contributed by atoms with van der Waals surface area (Å²) in [5.74, 6) is 0.944. The maximum atomic E-state index is 12.8. The number of methoxy groups -OCH3 is 1. The minimum Gasteiger partial charge on any atom is -0.507 e. The van der Waals surface area contributed by atoms with Crippen molar-refractivity contribution in [3.63, 3.8) is 0 Å². The first-order valence-electron chi connectivity index (χ1n) is 11.3. The second-order valence-corrected chi connectivity index (χ2v) is 8.63. The topological polar surface area (TPSA) is 103 Å². The van der Waals surface area contributed by atoms with Gasteiger partial charge in [-0.1, -0.05) is 12.1 Å². The maximum absolute atomic E-state index is 12.8. The lowest BCUT2D eigenvalue weighted by Gasteiger charge is -2.29. The van der Waals surface area contributed by atoms with Gasteiger partial charge in [0.1, 0.15) is 11.6 Å². The number of nitrogens with zero attached hydrogens (tertiary/aromatic N) is 3. The number of H-pyrrole nitrogens is 1. The normalized spacial score (nSPS) is 14.9. The Kier molecular flexibility index (Phi) is 5.90. The van der Waals surface area contributed by atoms with Crippen LogP contribution in [0.4, 0.5) is 0 Å². The van der Waals surface area contributed by atoms with Crippen LogP contribution in [0.15, 0.2) is 54.7 Å². The maximum Gasteiger partial charge on any atom is 0.251 e. The van der Waals surface area contributed by atoms with Gasteiger partial charge in [0.25, 0.3) is 5.91 Å². The molecule has 0 saturated carbocycles. The quantitative estimate of drug-likeness (QED) is 0.421. The SMILES string of the molecule is COc1ncccc1-c1cccc(-c2nc3ccc(C(=O)NC4CCN(C)CC4)cc3[nH]2)c1O. The Morgan fingerprint density at radius 2 is 1.88 bits per heavy atom. The summed E-state index contributed by atoms with van der Waals surface area (Å²) in [6.07, 6.45) is 3.55. The Bertz CT molecular complexity index is 1340. The number of phenols is 1. The van der Waals surface area contributed by atoms with Crippen molar-refractivity contribution in [2.24, 2.45) is 0 Å². The number of carbonyl (C=O) groups excluding carboxylic acids is 1. The number of aromatic amines is 1. The van der Waals surface area contributed by atoms with Crippen molar-refractivity contribution >= 4 is 16.9 Å². The lowest BCUT2D eigenvalue weighted by Crippen LogP contribution is -2.43. The number of hydrogen-bond acceptors (Lipinski definition) is 6. The molecule has 0 atom stereocenters. The highest BCUT2D eigenvalue weighted by molar-refractivity contribution is 5.98. The summed E-state index contributed by atoms with van der Waals surface area (Å²) in [4.78, 5) is 27.2. The van der Waals surface area contributed by atoms with E-state index in [-0.39, 0.29) is 17.7 Å². The Morgan fingerprint density at radius 3 is 2.68 bits per heavy atom. The number of nitrogens with one attached hydrogen (secondary N) is 2. The van der Waals surface area contributed by atoms with Gasteiger partial charge in [0, 0.05) is 28.9 Å². The van der Waals surface area contributed by atoms with E-state index in [1.165, 1.54) is 0 Å². The first-order chi connectivity index (χ1) is 16.5. The van der Waals surface area contributed by atoms with E-state index in [0.717, 1.165) is 37.0 Å². The van der Waals surface area contributed by atoms with Crippen LogP contribution in [-0.4, -0.2) is 64.2 Å². The van der Waals surface area contributed by atoms with Crippen LogP contribution in [0.3, 0.4) is 0 Å². The molecule has 1 aliphatic heterocycles. The van der Waals surface area contributed by atoms with Gasteiger partial charge in [0.15, 0.2) is 0 Å². The number of amides is 1. The van der Waals surface area contributed by atoms with E-state index >= 15 is 0 Å². The van der Waals surface area contributed by atoms with Crippen LogP contribution in [0.5, 0.6) is 11.6 Å². The van der Waals surface area contributed by atoms with Crippen molar-refractivity contribution in [1.29, 1.82) is 0 Å². The average Bonchev–Trinajstić information content (AvgIpc) is 3.28. The fraction of sp³-hybridized carbons (Fsp3) is 0.269. The molecule has 3 heterocycles. The van der Waals surface area contributed by atoms with Crippen LogP contribution in [0.25, 0.3) is 33.5 Å². The number of aromatic hydroxyl groups is 1. The first kappa shape index (κ1) is 21.9. The van der Waals surface area contributed by atoms with Crippen LogP contribution in [-0.2, 0) is 0 Å². The Morgan fingerprint density at radius 1 is 1.12 bits per heavy atom. The van der Waals surface area contributed by atoms with E-state index in [1.54, 1.807) is 37.6 Å². The molecule has 1 saturated heterocycles. The van der Waals surface area contributed by atoms with Crippen molar-refractivity contribution < 1.29 is 14.6 Å². The van der Waals surface area contributed by atoms with Crippen molar-refractivity contribution in [1.82, 2.24) is 25.2 Å². The van der Waals surface area contributed by atoms with Crippen molar-refractivity contribution in [2.75, 3.05) is 27.2 Å². The summed E-state index contributed by atoms with van der Waals surface area (Å²) >= 11 is 0. The molecule has 4 aromatic rings. The molecule has 2 aromatic heterocycles. The molecular formula is C26H27N5O3. The van der Waals surface area contributed by atoms with E-state index in [9.17, 15) is 9.90 Å². The second kappa shape index (κ2) is 9.15. The highest BCUT2D eigenvalue weighted by atomic mass is 16.5. The molecule has 1 aliphatic rings. The number of rotatable bonds is 5. The first-order valence-corrected chi connectivity index (χ1v) is 11.3. The summed E-state index contributed by atoms with van der Waals surface area (Å²) in [6.45, 7) is 1.97. The third-order valence-corrected chi connectivity index (χ3v) is 6.34. The molecular weight excluding hydrogens is 430 g/mol. The smallest absolute Gasteiger partial charge is 0.251 e. The molecule has 174 valence electrons. The van der Waals surface area contributed by atoms with Crippen LogP contribution in [0.1, 0.15) is 23.2 Å². The zero-order chi connectivity index (χ0) is 23.7. The van der Waals surface area contributed by atoms with Crippen molar-refractivity contribution in [2.45, 2.75) is 18.9 Å². The summed E-state index contributed by atoms with van der Waals surface area (Å²) < 4.78 is 5.36. The molecule has 1 amide bonds. The molecule has 8 nitrogen and oxygen atoms in total. The van der Waals surface area contributed by atoms with E-state index in [1.807, 2.05) is 24.3 Å². The highest BCUT2D eigenvalue weighted by Gasteiger charge is 2.20. The molecule has 34 heavy (non-hydrogen) atoms. The largest absolute Gasteiger partial charge is 0.507 e. The number of likely N-dealkylation sites (tertiary alicyclic amines) is 1. The number of para-hydroxylation sites is 1. The number of ether oxygens (including phenoxy) is 1. The van der Waals surface area contributed by atoms with Gasteiger partial charge in [0.2, 0.25) is 5.88 Å². The molecule has 8 heteroatoms. The van der Waals surface area contributed by atoms with E-state index in [0.29, 0.717) is 34.0 Å². The van der Waals surface area contributed by atoms with Gasteiger partial charge >= 0.3 is 0 Å². The van der Waals surface area contributed by atoms with Gasteiger partial charge in [0.05, 0.1) is 23.7 Å². The molecule has 3 N–H and O–H groups in total. The minimum absolute atomic E-state index is 0.0769. The number of fused-ring (bicyclic) bond motifs is 1. The van der Waals surface area contributed by atoms with Gasteiger partial charge in [-0.05, 0) is 69.4 Å². The fourth-order valence-electron chi connectivity index (χ4n) is 4.41. The minimum atomic E-state index is -0.0823. The monoisotopic (exact) mass is 457 g/mol. The van der Waals surface area contributed by atoms with Crippen molar-refractivity contribution in [3.8, 4) is 34.1 Å². The predicted molar refractivity (Wildman–Crippen MR) is 131 cm³/mol. The summed E-state index contributed by atoms with van der Waals surface area (Å²) in [7, 11) is 3.65. The van der Waals surface area contributed by atoms with E-state index in [2.05, 4.69) is 32.2 Å². The zero-order valence-corrected chi connectivity index (χ0v) is 19.2. The van der Waals surface area contributed by atoms with Gasteiger partial charge in [-0.2, -0.15) is 0 Å². The third kappa shape index (κ3) is 4.20. The molecule has 0 spiro atoms. The Hall–Kier alpha value is -3.91. The predicted octanol–water partition coefficient (Wildman–Crippen LogP) is 3.83. The molecule has 2 aromatic carbocycles. The van der Waals surface area contributed by atoms with Gasteiger partial charge in [-0.25, -0.2) is 9.97 Å². The highest BCUT2D eigenvalue weighted by Crippen LogP contribution is 2.40. The number of pyridine rings is 1. The zero-order valence-electron chi connectivity index (χ0n) is 19.2. The molecule has 0 bridgehead atoms. The lowest BCUT2D eigenvalue weighted by molar-refractivity contribution is 0.0917. The summed E-state index contributed by atoms with van der Waals surface area (Å²) in [5, 5.41) is 14.2. The number of imidazole rings is 1. The van der Waals surface area contributed by atoms with E-state index in [4.69, 9.17) is 4.74 Å². The number of hydrogen-bond donors (Lipinski definition) is 3. The summed E-state index contributed by atoms with van der Waals surface area (Å²) in [5.41, 5.74) is 3.87. The number of carbonyl (C=O) groups is 1.